The molecule has 0 bridgehead atoms. The van der Waals surface area contributed by atoms with E-state index < -0.39 is 0 Å². The third-order valence-electron chi connectivity index (χ3n) is 8.19. The Morgan fingerprint density at radius 1 is 0.946 bits per heavy atom. The Morgan fingerprint density at radius 2 is 1.70 bits per heavy atom. The molecular formula is C29H37N7O. The van der Waals surface area contributed by atoms with E-state index >= 15 is 0 Å². The molecule has 2 aliphatic rings. The molecule has 0 radical (unpaired) electrons. The van der Waals surface area contributed by atoms with Crippen molar-refractivity contribution < 1.29 is 4.74 Å². The van der Waals surface area contributed by atoms with Crippen LogP contribution in [0.5, 0.6) is 0 Å². The van der Waals surface area contributed by atoms with Gasteiger partial charge in [-0.05, 0) is 42.7 Å². The minimum absolute atomic E-state index is 0.375. The standard InChI is InChI=1S/C29H37N7O/c1-29(2,3)21-9-11-35(12-10-21)19-24-31-25-27(34(24)4)32-26(33-28(25)36-13-15-37-16-14-36)23-18-30-17-20-7-5-6-8-22(20)23/h5-8,17-18,21H,9-16,19H2,1-4H3. The minimum Gasteiger partial charge on any atom is -0.378 e. The fourth-order valence-corrected chi connectivity index (χ4v) is 5.80. The van der Waals surface area contributed by atoms with Crippen LogP contribution in [0.15, 0.2) is 36.7 Å². The van der Waals surface area contributed by atoms with Gasteiger partial charge in [-0.2, -0.15) is 0 Å². The smallest absolute Gasteiger partial charge is 0.166 e. The molecule has 1 aromatic carbocycles. The van der Waals surface area contributed by atoms with Crippen LogP contribution >= 0.6 is 0 Å². The van der Waals surface area contributed by atoms with Crippen LogP contribution in [0.1, 0.15) is 39.4 Å². The van der Waals surface area contributed by atoms with Crippen molar-refractivity contribution in [3.63, 3.8) is 0 Å². The molecule has 5 heterocycles. The van der Waals surface area contributed by atoms with Crippen molar-refractivity contribution in [1.82, 2.24) is 29.4 Å². The summed E-state index contributed by atoms with van der Waals surface area (Å²) in [6.07, 6.45) is 6.25. The summed E-state index contributed by atoms with van der Waals surface area (Å²) in [4.78, 5) is 24.7. The molecule has 0 atom stereocenters. The second kappa shape index (κ2) is 9.65. The van der Waals surface area contributed by atoms with Crippen molar-refractivity contribution in [3.05, 3.63) is 42.5 Å². The molecule has 0 spiro atoms. The number of likely N-dealkylation sites (tertiary alicyclic amines) is 1. The number of rotatable bonds is 4. The van der Waals surface area contributed by atoms with Crippen molar-refractivity contribution in [2.45, 2.75) is 40.2 Å². The predicted molar refractivity (Wildman–Crippen MR) is 148 cm³/mol. The van der Waals surface area contributed by atoms with Crippen molar-refractivity contribution >= 4 is 27.8 Å². The number of anilines is 1. The molecule has 0 amide bonds. The topological polar surface area (TPSA) is 72.2 Å². The van der Waals surface area contributed by atoms with E-state index in [1.54, 1.807) is 0 Å². The average Bonchev–Trinajstić information content (AvgIpc) is 3.23. The molecule has 2 saturated heterocycles. The number of hydrogen-bond acceptors (Lipinski definition) is 7. The third kappa shape index (κ3) is 4.68. The maximum atomic E-state index is 5.64. The lowest BCUT2D eigenvalue weighted by Crippen LogP contribution is -2.38. The highest BCUT2D eigenvalue weighted by Crippen LogP contribution is 2.35. The van der Waals surface area contributed by atoms with Gasteiger partial charge >= 0.3 is 0 Å². The maximum Gasteiger partial charge on any atom is 0.166 e. The molecule has 8 heteroatoms. The maximum absolute atomic E-state index is 5.64. The van der Waals surface area contributed by atoms with Crippen molar-refractivity contribution in [2.75, 3.05) is 44.3 Å². The van der Waals surface area contributed by atoms with Gasteiger partial charge in [0.05, 0.1) is 19.8 Å². The van der Waals surface area contributed by atoms with Gasteiger partial charge in [0.15, 0.2) is 22.8 Å². The number of imidazole rings is 1. The molecule has 2 aliphatic heterocycles. The first-order valence-corrected chi connectivity index (χ1v) is 13.5. The summed E-state index contributed by atoms with van der Waals surface area (Å²) in [7, 11) is 2.09. The normalized spacial score (nSPS) is 18.2. The molecule has 6 rings (SSSR count). The van der Waals surface area contributed by atoms with E-state index in [-0.39, 0.29) is 0 Å². The van der Waals surface area contributed by atoms with Gasteiger partial charge in [0.2, 0.25) is 0 Å². The van der Waals surface area contributed by atoms with E-state index in [1.807, 2.05) is 18.5 Å². The first-order chi connectivity index (χ1) is 17.9. The third-order valence-corrected chi connectivity index (χ3v) is 8.19. The predicted octanol–water partition coefficient (Wildman–Crippen LogP) is 4.67. The minimum atomic E-state index is 0.375. The Hall–Kier alpha value is -3.10. The molecular weight excluding hydrogens is 462 g/mol. The first kappa shape index (κ1) is 24.2. The number of piperidine rings is 1. The fourth-order valence-electron chi connectivity index (χ4n) is 5.80. The Labute approximate surface area is 218 Å². The Kier molecular flexibility index (Phi) is 6.32. The van der Waals surface area contributed by atoms with Crippen molar-refractivity contribution in [3.8, 4) is 11.4 Å². The lowest BCUT2D eigenvalue weighted by atomic mass is 9.75. The summed E-state index contributed by atoms with van der Waals surface area (Å²) in [6.45, 7) is 13.1. The van der Waals surface area contributed by atoms with Gasteiger partial charge in [-0.25, -0.2) is 15.0 Å². The SMILES string of the molecule is Cn1c(CN2CCC(C(C)(C)C)CC2)nc2c(N3CCOCC3)nc(-c3cncc4ccccc34)nc21. The number of pyridine rings is 1. The molecule has 3 aromatic heterocycles. The lowest BCUT2D eigenvalue weighted by molar-refractivity contribution is 0.106. The van der Waals surface area contributed by atoms with Crippen molar-refractivity contribution in [1.29, 1.82) is 0 Å². The summed E-state index contributed by atoms with van der Waals surface area (Å²) in [5, 5.41) is 2.19. The molecule has 2 fully saturated rings. The summed E-state index contributed by atoms with van der Waals surface area (Å²) in [5.41, 5.74) is 3.07. The van der Waals surface area contributed by atoms with E-state index in [9.17, 15) is 0 Å². The van der Waals surface area contributed by atoms with E-state index in [0.29, 0.717) is 24.5 Å². The molecule has 194 valence electrons. The molecule has 37 heavy (non-hydrogen) atoms. The van der Waals surface area contributed by atoms with Crippen LogP contribution in [-0.4, -0.2) is 68.8 Å². The van der Waals surface area contributed by atoms with Gasteiger partial charge in [-0.15, -0.1) is 0 Å². The number of nitrogens with zero attached hydrogens (tertiary/aromatic N) is 7. The van der Waals surface area contributed by atoms with Gasteiger partial charge < -0.3 is 14.2 Å². The van der Waals surface area contributed by atoms with Crippen molar-refractivity contribution in [2.24, 2.45) is 18.4 Å². The monoisotopic (exact) mass is 499 g/mol. The number of aromatic nitrogens is 5. The zero-order valence-corrected chi connectivity index (χ0v) is 22.4. The zero-order valence-electron chi connectivity index (χ0n) is 22.4. The molecule has 0 saturated carbocycles. The number of fused-ring (bicyclic) bond motifs is 2. The van der Waals surface area contributed by atoms with E-state index in [2.05, 4.69) is 65.4 Å². The van der Waals surface area contributed by atoms with Gasteiger partial charge in [-0.3, -0.25) is 9.88 Å². The van der Waals surface area contributed by atoms with E-state index in [1.165, 1.54) is 12.8 Å². The highest BCUT2D eigenvalue weighted by Gasteiger charge is 2.30. The molecule has 0 unspecified atom stereocenters. The second-order valence-electron chi connectivity index (χ2n) is 11.6. The van der Waals surface area contributed by atoms with Gasteiger partial charge in [0.1, 0.15) is 5.82 Å². The van der Waals surface area contributed by atoms with E-state index in [4.69, 9.17) is 19.7 Å². The summed E-state index contributed by atoms with van der Waals surface area (Å²) < 4.78 is 7.81. The Morgan fingerprint density at radius 3 is 2.46 bits per heavy atom. The van der Waals surface area contributed by atoms with Crippen LogP contribution in [0.25, 0.3) is 33.3 Å². The Balaban J connectivity index is 1.40. The largest absolute Gasteiger partial charge is 0.378 e. The number of benzene rings is 1. The first-order valence-electron chi connectivity index (χ1n) is 13.5. The number of hydrogen-bond donors (Lipinski definition) is 0. The lowest BCUT2D eigenvalue weighted by Gasteiger charge is -2.38. The Bertz CT molecular complexity index is 1400. The molecule has 4 aromatic rings. The highest BCUT2D eigenvalue weighted by molar-refractivity contribution is 5.96. The van der Waals surface area contributed by atoms with E-state index in [0.717, 1.165) is 77.8 Å². The van der Waals surface area contributed by atoms with Crippen LogP contribution in [0.2, 0.25) is 0 Å². The number of ether oxygens (including phenoxy) is 1. The quantitative estimate of drug-likeness (QED) is 0.404. The number of morpholine rings is 1. The second-order valence-corrected chi connectivity index (χ2v) is 11.6. The van der Waals surface area contributed by atoms with Gasteiger partial charge in [0.25, 0.3) is 0 Å². The summed E-state index contributed by atoms with van der Waals surface area (Å²) in [6, 6.07) is 8.29. The molecule has 0 N–H and O–H groups in total. The fraction of sp³-hybridized carbons (Fsp3) is 0.517. The van der Waals surface area contributed by atoms with Crippen LogP contribution < -0.4 is 4.90 Å². The van der Waals surface area contributed by atoms with Gasteiger partial charge in [0, 0.05) is 43.5 Å². The van der Waals surface area contributed by atoms with Crippen LogP contribution in [0.3, 0.4) is 0 Å². The number of aryl methyl sites for hydroxylation is 1. The molecule has 0 aliphatic carbocycles. The van der Waals surface area contributed by atoms with Gasteiger partial charge in [-0.1, -0.05) is 45.0 Å². The summed E-state index contributed by atoms with van der Waals surface area (Å²) >= 11 is 0. The zero-order chi connectivity index (χ0) is 25.6. The highest BCUT2D eigenvalue weighted by atomic mass is 16.5. The average molecular weight is 500 g/mol. The van der Waals surface area contributed by atoms with Crippen LogP contribution in [-0.2, 0) is 18.3 Å². The van der Waals surface area contributed by atoms with Crippen LogP contribution in [0.4, 0.5) is 5.82 Å². The molecule has 8 nitrogen and oxygen atoms in total. The van der Waals surface area contributed by atoms with Crippen LogP contribution in [0, 0.1) is 11.3 Å². The summed E-state index contributed by atoms with van der Waals surface area (Å²) in [5.74, 6) is 3.41.